The molecule has 0 radical (unpaired) electrons. The number of aliphatic carboxylic acids is 1. The van der Waals surface area contributed by atoms with Gasteiger partial charge in [0, 0.05) is 25.4 Å². The highest BCUT2D eigenvalue weighted by molar-refractivity contribution is 5.66. The van der Waals surface area contributed by atoms with Crippen molar-refractivity contribution in [2.24, 2.45) is 5.92 Å². The first-order valence-electron chi connectivity index (χ1n) is 10.4. The van der Waals surface area contributed by atoms with Gasteiger partial charge in [-0.3, -0.25) is 4.79 Å². The quantitative estimate of drug-likeness (QED) is 0.796. The molecule has 2 aromatic carbocycles. The molecule has 0 unspecified atom stereocenters. The lowest BCUT2D eigenvalue weighted by Gasteiger charge is -2.19. The second-order valence-electron chi connectivity index (χ2n) is 8.09. The van der Waals surface area contributed by atoms with Gasteiger partial charge in [-0.25, -0.2) is 0 Å². The lowest BCUT2D eigenvalue weighted by atomic mass is 10.0. The molecule has 0 atom stereocenters. The number of rotatable bonds is 7. The van der Waals surface area contributed by atoms with Crippen LogP contribution in [0.25, 0.3) is 0 Å². The Morgan fingerprint density at radius 1 is 1.00 bits per heavy atom. The fraction of sp³-hybridized carbons (Fsp3) is 0.458. The highest BCUT2D eigenvalue weighted by atomic mass is 16.5. The Morgan fingerprint density at radius 2 is 1.71 bits per heavy atom. The summed E-state index contributed by atoms with van der Waals surface area (Å²) in [5, 5.41) is 8.85. The molecule has 148 valence electrons. The van der Waals surface area contributed by atoms with E-state index in [4.69, 9.17) is 9.84 Å². The van der Waals surface area contributed by atoms with E-state index < -0.39 is 5.97 Å². The van der Waals surface area contributed by atoms with Crippen molar-refractivity contribution in [2.75, 3.05) is 26.2 Å². The zero-order chi connectivity index (χ0) is 19.3. The van der Waals surface area contributed by atoms with Gasteiger partial charge in [0.25, 0.3) is 0 Å². The molecule has 1 aliphatic carbocycles. The third kappa shape index (κ3) is 4.56. The van der Waals surface area contributed by atoms with Crippen molar-refractivity contribution in [1.82, 2.24) is 4.90 Å². The van der Waals surface area contributed by atoms with Crippen molar-refractivity contribution in [3.63, 3.8) is 0 Å². The van der Waals surface area contributed by atoms with E-state index in [9.17, 15) is 4.79 Å². The van der Waals surface area contributed by atoms with Crippen LogP contribution in [0.4, 0.5) is 0 Å². The summed E-state index contributed by atoms with van der Waals surface area (Å²) >= 11 is 0. The van der Waals surface area contributed by atoms with Gasteiger partial charge in [0.2, 0.25) is 0 Å². The highest BCUT2D eigenvalue weighted by Crippen LogP contribution is 2.30. The summed E-state index contributed by atoms with van der Waals surface area (Å²) in [5.41, 5.74) is 5.67. The number of carbonyl (C=O) groups is 1. The maximum atomic E-state index is 10.8. The van der Waals surface area contributed by atoms with Crippen LogP contribution in [-0.4, -0.2) is 42.2 Å². The summed E-state index contributed by atoms with van der Waals surface area (Å²) in [4.78, 5) is 13.1. The predicted octanol–water partition coefficient (Wildman–Crippen LogP) is 3.75. The molecule has 28 heavy (non-hydrogen) atoms. The Morgan fingerprint density at radius 3 is 2.46 bits per heavy atom. The second-order valence-corrected chi connectivity index (χ2v) is 8.09. The summed E-state index contributed by atoms with van der Waals surface area (Å²) in [5.74, 6) is 0.898. The van der Waals surface area contributed by atoms with Gasteiger partial charge >= 0.3 is 5.97 Å². The fourth-order valence-electron chi connectivity index (χ4n) is 4.58. The molecule has 1 heterocycles. The van der Waals surface area contributed by atoms with Crippen molar-refractivity contribution in [1.29, 1.82) is 0 Å². The molecule has 2 aliphatic rings. The highest BCUT2D eigenvalue weighted by Gasteiger charge is 2.23. The smallest absolute Gasteiger partial charge is 0.303 e. The third-order valence-corrected chi connectivity index (χ3v) is 6.08. The maximum absolute atomic E-state index is 10.8. The maximum Gasteiger partial charge on any atom is 0.303 e. The zero-order valence-electron chi connectivity index (χ0n) is 16.4. The molecule has 1 N–H and O–H groups in total. The average molecular weight is 380 g/mol. The van der Waals surface area contributed by atoms with Gasteiger partial charge in [-0.2, -0.15) is 0 Å². The van der Waals surface area contributed by atoms with Crippen LogP contribution in [-0.2, 0) is 30.5 Å². The van der Waals surface area contributed by atoms with Crippen LogP contribution in [0.15, 0.2) is 42.5 Å². The lowest BCUT2D eigenvalue weighted by Crippen LogP contribution is -2.28. The summed E-state index contributed by atoms with van der Waals surface area (Å²) in [6, 6.07) is 15.2. The average Bonchev–Trinajstić information content (AvgIpc) is 2.99. The Kier molecular flexibility index (Phi) is 5.96. The van der Waals surface area contributed by atoms with Crippen LogP contribution < -0.4 is 4.74 Å². The Labute approximate surface area is 167 Å². The third-order valence-electron chi connectivity index (χ3n) is 6.08. The van der Waals surface area contributed by atoms with Gasteiger partial charge in [0.1, 0.15) is 5.75 Å². The van der Waals surface area contributed by atoms with Gasteiger partial charge in [-0.1, -0.05) is 36.4 Å². The molecule has 0 saturated heterocycles. The van der Waals surface area contributed by atoms with Crippen LogP contribution in [0.1, 0.15) is 35.1 Å². The predicted molar refractivity (Wildman–Crippen MR) is 110 cm³/mol. The van der Waals surface area contributed by atoms with E-state index in [1.807, 2.05) is 0 Å². The minimum Gasteiger partial charge on any atom is -0.493 e. The normalized spacial score (nSPS) is 17.0. The van der Waals surface area contributed by atoms with E-state index >= 15 is 0 Å². The summed E-state index contributed by atoms with van der Waals surface area (Å²) in [6.07, 6.45) is 5.18. The van der Waals surface area contributed by atoms with Gasteiger partial charge in [0.05, 0.1) is 6.61 Å². The molecule has 4 heteroatoms. The molecule has 0 amide bonds. The summed E-state index contributed by atoms with van der Waals surface area (Å²) in [6.45, 7) is 3.60. The summed E-state index contributed by atoms with van der Waals surface area (Å²) < 4.78 is 6.33. The lowest BCUT2D eigenvalue weighted by molar-refractivity contribution is -0.137. The molecule has 0 aromatic heterocycles. The van der Waals surface area contributed by atoms with Crippen LogP contribution in [0.3, 0.4) is 0 Å². The zero-order valence-corrected chi connectivity index (χ0v) is 16.4. The SMILES string of the molecule is O=C(O)CCCN1CCc2cccc(OCC3Cc4ccccc4C3)c2CC1. The van der Waals surface area contributed by atoms with Gasteiger partial charge < -0.3 is 14.7 Å². The fourth-order valence-corrected chi connectivity index (χ4v) is 4.58. The number of benzene rings is 2. The van der Waals surface area contributed by atoms with Crippen LogP contribution >= 0.6 is 0 Å². The summed E-state index contributed by atoms with van der Waals surface area (Å²) in [7, 11) is 0. The molecule has 4 rings (SSSR count). The minimum atomic E-state index is -0.706. The molecular weight excluding hydrogens is 350 g/mol. The molecule has 2 aromatic rings. The van der Waals surface area contributed by atoms with Crippen molar-refractivity contribution in [3.8, 4) is 5.75 Å². The molecule has 0 fully saturated rings. The van der Waals surface area contributed by atoms with E-state index in [-0.39, 0.29) is 6.42 Å². The van der Waals surface area contributed by atoms with E-state index in [0.717, 1.165) is 64.1 Å². The second kappa shape index (κ2) is 8.78. The molecule has 4 nitrogen and oxygen atoms in total. The van der Waals surface area contributed by atoms with Gasteiger partial charge in [-0.05, 0) is 67.0 Å². The molecule has 1 aliphatic heterocycles. The van der Waals surface area contributed by atoms with Crippen molar-refractivity contribution in [3.05, 3.63) is 64.7 Å². The number of hydrogen-bond donors (Lipinski definition) is 1. The first kappa shape index (κ1) is 19.0. The first-order chi connectivity index (χ1) is 13.7. The Bertz CT molecular complexity index is 807. The number of hydrogen-bond acceptors (Lipinski definition) is 3. The Balaban J connectivity index is 1.34. The first-order valence-corrected chi connectivity index (χ1v) is 10.4. The van der Waals surface area contributed by atoms with E-state index in [2.05, 4.69) is 47.4 Å². The van der Waals surface area contributed by atoms with E-state index in [1.165, 1.54) is 22.3 Å². The van der Waals surface area contributed by atoms with Crippen molar-refractivity contribution >= 4 is 5.97 Å². The van der Waals surface area contributed by atoms with Crippen molar-refractivity contribution < 1.29 is 14.6 Å². The minimum absolute atomic E-state index is 0.252. The van der Waals surface area contributed by atoms with Crippen LogP contribution in [0.2, 0.25) is 0 Å². The number of ether oxygens (including phenoxy) is 1. The topological polar surface area (TPSA) is 49.8 Å². The molecule has 0 bridgehead atoms. The van der Waals surface area contributed by atoms with E-state index in [0.29, 0.717) is 5.92 Å². The Hall–Kier alpha value is -2.33. The number of fused-ring (bicyclic) bond motifs is 2. The van der Waals surface area contributed by atoms with Crippen LogP contribution in [0.5, 0.6) is 5.75 Å². The monoisotopic (exact) mass is 379 g/mol. The number of carboxylic acids is 1. The standard InChI is InChI=1S/C24H29NO3/c26-24(27)9-4-12-25-13-10-19-7-3-8-23(22(19)11-14-25)28-17-18-15-20-5-1-2-6-21(20)16-18/h1-3,5-8,18H,4,9-17H2,(H,26,27). The van der Waals surface area contributed by atoms with Crippen LogP contribution in [0, 0.1) is 5.92 Å². The van der Waals surface area contributed by atoms with Gasteiger partial charge in [-0.15, -0.1) is 0 Å². The van der Waals surface area contributed by atoms with Crippen molar-refractivity contribution in [2.45, 2.75) is 38.5 Å². The molecular formula is C24H29NO3. The van der Waals surface area contributed by atoms with E-state index in [1.54, 1.807) is 0 Å². The number of nitrogens with zero attached hydrogens (tertiary/aromatic N) is 1. The largest absolute Gasteiger partial charge is 0.493 e. The van der Waals surface area contributed by atoms with Gasteiger partial charge in [0.15, 0.2) is 0 Å². The molecule has 0 spiro atoms. The molecule has 0 saturated carbocycles. The number of carboxylic acid groups (broad SMARTS) is 1.